The van der Waals surface area contributed by atoms with Gasteiger partial charge >= 0.3 is 0 Å². The summed E-state index contributed by atoms with van der Waals surface area (Å²) < 4.78 is 6.87. The van der Waals surface area contributed by atoms with Gasteiger partial charge in [0, 0.05) is 23.8 Å². The van der Waals surface area contributed by atoms with Crippen LogP contribution < -0.4 is 4.90 Å². The molecule has 88 valence electrons. The second-order valence-electron chi connectivity index (χ2n) is 4.24. The van der Waals surface area contributed by atoms with Gasteiger partial charge in [-0.25, -0.2) is 0 Å². The minimum Gasteiger partial charge on any atom is -0.372 e. The van der Waals surface area contributed by atoms with E-state index in [1.54, 1.807) is 0 Å². The number of hydrogen-bond acceptors (Lipinski definition) is 3. The van der Waals surface area contributed by atoms with E-state index in [0.29, 0.717) is 6.10 Å². The highest BCUT2D eigenvalue weighted by Gasteiger charge is 2.24. The van der Waals surface area contributed by atoms with Crippen molar-refractivity contribution in [3.8, 4) is 0 Å². The molecule has 4 heteroatoms. The molecular formula is C12H17BrN2O. The Balaban J connectivity index is 2.14. The first kappa shape index (κ1) is 11.9. The topological polar surface area (TPSA) is 25.4 Å². The Morgan fingerprint density at radius 2 is 2.31 bits per heavy atom. The first-order valence-corrected chi connectivity index (χ1v) is 6.49. The van der Waals surface area contributed by atoms with Crippen molar-refractivity contribution in [1.82, 2.24) is 4.98 Å². The third kappa shape index (κ3) is 2.74. The average Bonchev–Trinajstić information content (AvgIpc) is 2.28. The summed E-state index contributed by atoms with van der Waals surface area (Å²) in [5.74, 6) is 0. The fourth-order valence-electron chi connectivity index (χ4n) is 2.06. The molecule has 3 nitrogen and oxygen atoms in total. The summed E-state index contributed by atoms with van der Waals surface area (Å²) in [7, 11) is 0. The summed E-state index contributed by atoms with van der Waals surface area (Å²) in [5, 5.41) is 0. The highest BCUT2D eigenvalue weighted by atomic mass is 79.9. The Kier molecular flexibility index (Phi) is 3.82. The van der Waals surface area contributed by atoms with E-state index in [1.807, 2.05) is 12.4 Å². The van der Waals surface area contributed by atoms with Crippen molar-refractivity contribution < 1.29 is 4.74 Å². The molecule has 1 saturated heterocycles. The minimum absolute atomic E-state index is 0.290. The molecule has 2 heterocycles. The highest BCUT2D eigenvalue weighted by molar-refractivity contribution is 9.10. The van der Waals surface area contributed by atoms with Gasteiger partial charge in [-0.15, -0.1) is 0 Å². The van der Waals surface area contributed by atoms with Crippen LogP contribution in [0.25, 0.3) is 0 Å². The van der Waals surface area contributed by atoms with Gasteiger partial charge in [0.25, 0.3) is 0 Å². The predicted octanol–water partition coefficient (Wildman–Crippen LogP) is 2.85. The standard InChI is InChI=1S/C12H17BrN2O/c1-3-12-8-15(7-9(2)16-12)11-4-10(13)5-14-6-11/h4-6,9,12H,3,7-8H2,1-2H3. The van der Waals surface area contributed by atoms with Crippen LogP contribution >= 0.6 is 15.9 Å². The normalized spacial score (nSPS) is 25.8. The number of rotatable bonds is 2. The van der Waals surface area contributed by atoms with Crippen LogP contribution in [0.4, 0.5) is 5.69 Å². The molecule has 0 aliphatic carbocycles. The molecule has 0 aromatic carbocycles. The van der Waals surface area contributed by atoms with Crippen molar-refractivity contribution in [3.05, 3.63) is 22.9 Å². The van der Waals surface area contributed by atoms with Crippen molar-refractivity contribution >= 4 is 21.6 Å². The molecule has 1 fully saturated rings. The molecule has 0 spiro atoms. The maximum atomic E-state index is 5.84. The molecule has 1 aliphatic heterocycles. The van der Waals surface area contributed by atoms with E-state index in [-0.39, 0.29) is 6.10 Å². The number of aromatic nitrogens is 1. The molecular weight excluding hydrogens is 268 g/mol. The number of anilines is 1. The summed E-state index contributed by atoms with van der Waals surface area (Å²) in [6.07, 6.45) is 5.41. The van der Waals surface area contributed by atoms with Gasteiger partial charge in [-0.05, 0) is 35.3 Å². The van der Waals surface area contributed by atoms with E-state index >= 15 is 0 Å². The molecule has 2 rings (SSSR count). The molecule has 2 unspecified atom stereocenters. The third-order valence-electron chi connectivity index (χ3n) is 2.84. The zero-order valence-electron chi connectivity index (χ0n) is 9.69. The summed E-state index contributed by atoms with van der Waals surface area (Å²) in [5.41, 5.74) is 1.17. The molecule has 0 N–H and O–H groups in total. The monoisotopic (exact) mass is 284 g/mol. The van der Waals surface area contributed by atoms with Crippen LogP contribution in [0, 0.1) is 0 Å². The third-order valence-corrected chi connectivity index (χ3v) is 3.27. The van der Waals surface area contributed by atoms with E-state index in [1.165, 1.54) is 5.69 Å². The van der Waals surface area contributed by atoms with Crippen LogP contribution in [0.15, 0.2) is 22.9 Å². The van der Waals surface area contributed by atoms with Crippen LogP contribution in [0.3, 0.4) is 0 Å². The van der Waals surface area contributed by atoms with Crippen LogP contribution in [-0.4, -0.2) is 30.3 Å². The Morgan fingerprint density at radius 3 is 3.00 bits per heavy atom. The number of halogens is 1. The molecule has 0 saturated carbocycles. The first-order chi connectivity index (χ1) is 7.69. The molecule has 16 heavy (non-hydrogen) atoms. The number of morpholine rings is 1. The van der Waals surface area contributed by atoms with Crippen molar-refractivity contribution in [2.24, 2.45) is 0 Å². The molecule has 1 aliphatic rings. The van der Waals surface area contributed by atoms with E-state index in [2.05, 4.69) is 45.7 Å². The molecule has 0 radical (unpaired) electrons. The van der Waals surface area contributed by atoms with Gasteiger partial charge in [-0.1, -0.05) is 6.92 Å². The number of pyridine rings is 1. The van der Waals surface area contributed by atoms with Gasteiger partial charge in [0.1, 0.15) is 0 Å². The number of ether oxygens (including phenoxy) is 1. The second-order valence-corrected chi connectivity index (χ2v) is 5.16. The van der Waals surface area contributed by atoms with Gasteiger partial charge in [-0.3, -0.25) is 4.98 Å². The molecule has 1 aromatic heterocycles. The average molecular weight is 285 g/mol. The van der Waals surface area contributed by atoms with Crippen LogP contribution in [0.1, 0.15) is 20.3 Å². The molecule has 1 aromatic rings. The summed E-state index contributed by atoms with van der Waals surface area (Å²) in [6, 6.07) is 2.11. The van der Waals surface area contributed by atoms with E-state index in [4.69, 9.17) is 4.74 Å². The largest absolute Gasteiger partial charge is 0.372 e. The van der Waals surface area contributed by atoms with Gasteiger partial charge in [-0.2, -0.15) is 0 Å². The van der Waals surface area contributed by atoms with Gasteiger partial charge in [0.05, 0.1) is 24.1 Å². The van der Waals surface area contributed by atoms with Crippen molar-refractivity contribution in [3.63, 3.8) is 0 Å². The lowest BCUT2D eigenvalue weighted by Gasteiger charge is -2.37. The fourth-order valence-corrected chi connectivity index (χ4v) is 2.41. The highest BCUT2D eigenvalue weighted by Crippen LogP contribution is 2.23. The lowest BCUT2D eigenvalue weighted by atomic mass is 10.1. The van der Waals surface area contributed by atoms with Crippen LogP contribution in [-0.2, 0) is 4.74 Å². The van der Waals surface area contributed by atoms with Crippen molar-refractivity contribution in [1.29, 1.82) is 0 Å². The maximum Gasteiger partial charge on any atom is 0.0751 e. The van der Waals surface area contributed by atoms with E-state index < -0.39 is 0 Å². The lowest BCUT2D eigenvalue weighted by Crippen LogP contribution is -2.46. The second kappa shape index (κ2) is 5.15. The maximum absolute atomic E-state index is 5.84. The lowest BCUT2D eigenvalue weighted by molar-refractivity contribution is -0.0172. The Morgan fingerprint density at radius 1 is 1.50 bits per heavy atom. The molecule has 0 amide bonds. The zero-order chi connectivity index (χ0) is 11.5. The van der Waals surface area contributed by atoms with E-state index in [9.17, 15) is 0 Å². The van der Waals surface area contributed by atoms with Crippen molar-refractivity contribution in [2.45, 2.75) is 32.5 Å². The Labute approximate surface area is 105 Å². The smallest absolute Gasteiger partial charge is 0.0751 e. The van der Waals surface area contributed by atoms with Gasteiger partial charge in [0.15, 0.2) is 0 Å². The summed E-state index contributed by atoms with van der Waals surface area (Å²) in [4.78, 5) is 6.55. The van der Waals surface area contributed by atoms with Crippen LogP contribution in [0.5, 0.6) is 0 Å². The SMILES string of the molecule is CCC1CN(c2cncc(Br)c2)CC(C)O1. The zero-order valence-corrected chi connectivity index (χ0v) is 11.3. The summed E-state index contributed by atoms with van der Waals surface area (Å²) >= 11 is 3.46. The van der Waals surface area contributed by atoms with Gasteiger partial charge in [0.2, 0.25) is 0 Å². The predicted molar refractivity (Wildman–Crippen MR) is 68.8 cm³/mol. The first-order valence-electron chi connectivity index (χ1n) is 5.70. The molecule has 2 atom stereocenters. The van der Waals surface area contributed by atoms with Crippen molar-refractivity contribution in [2.75, 3.05) is 18.0 Å². The Hall–Kier alpha value is -0.610. The molecule has 0 bridgehead atoms. The summed E-state index contributed by atoms with van der Waals surface area (Å²) in [6.45, 7) is 6.19. The van der Waals surface area contributed by atoms with E-state index in [0.717, 1.165) is 24.0 Å². The number of hydrogen-bond donors (Lipinski definition) is 0. The fraction of sp³-hybridized carbons (Fsp3) is 0.583. The van der Waals surface area contributed by atoms with Gasteiger partial charge < -0.3 is 9.64 Å². The minimum atomic E-state index is 0.290. The number of nitrogens with zero attached hydrogens (tertiary/aromatic N) is 2. The Bertz CT molecular complexity index is 359. The quantitative estimate of drug-likeness (QED) is 0.835. The van der Waals surface area contributed by atoms with Crippen LogP contribution in [0.2, 0.25) is 0 Å².